The molecule has 0 aliphatic heterocycles. The maximum Gasteiger partial charge on any atom is 0.0701 e. The quantitative estimate of drug-likeness (QED) is 0.236. The van der Waals surface area contributed by atoms with E-state index < -0.39 is 0 Å². The van der Waals surface area contributed by atoms with Crippen LogP contribution in [-0.4, -0.2) is 62.9 Å². The summed E-state index contributed by atoms with van der Waals surface area (Å²) in [5.41, 5.74) is 6.12. The Hall–Kier alpha value is -0.860. The van der Waals surface area contributed by atoms with Crippen molar-refractivity contribution in [3.8, 4) is 0 Å². The Morgan fingerprint density at radius 1 is 1.06 bits per heavy atom. The normalized spacial score (nSPS) is 11.8. The molecule has 18 heavy (non-hydrogen) atoms. The maximum atomic E-state index is 8.46. The molecule has 108 valence electrons. The summed E-state index contributed by atoms with van der Waals surface area (Å²) in [5.74, 6) is 5.67. The van der Waals surface area contributed by atoms with E-state index in [0.29, 0.717) is 46.2 Å². The number of hydrogen-bond donors (Lipinski definition) is 3. The number of allylic oxidation sites excluding steroid dienone is 1. The first kappa shape index (κ1) is 17.1. The Kier molecular flexibility index (Phi) is 12.0. The highest BCUT2D eigenvalue weighted by atomic mass is 16.5. The molecule has 7 heteroatoms. The number of aliphatic hydroxyl groups excluding tert-OH is 1. The molecule has 0 aliphatic carbocycles. The average Bonchev–Trinajstić information content (AvgIpc) is 2.39. The fourth-order valence-electron chi connectivity index (χ4n) is 1.04. The third-order valence-electron chi connectivity index (χ3n) is 2.15. The molecule has 0 spiro atoms. The third kappa shape index (κ3) is 10.3. The van der Waals surface area contributed by atoms with E-state index in [2.05, 4.69) is 0 Å². The van der Waals surface area contributed by atoms with Crippen LogP contribution in [-0.2, 0) is 14.2 Å². The van der Waals surface area contributed by atoms with E-state index in [-0.39, 0.29) is 6.61 Å². The van der Waals surface area contributed by atoms with Crippen LogP contribution in [0.1, 0.15) is 6.92 Å². The standard InChI is InChI=1S/C11H25N3O4/c1-11(10-12)14(13)2-4-16-6-8-18-9-7-17-5-3-15/h10,15H,2-9,12-13H2,1H3/b11-10-. The molecule has 0 aromatic carbocycles. The molecular weight excluding hydrogens is 238 g/mol. The third-order valence-corrected chi connectivity index (χ3v) is 2.15. The van der Waals surface area contributed by atoms with Gasteiger partial charge in [0.05, 0.1) is 52.8 Å². The summed E-state index contributed by atoms with van der Waals surface area (Å²) in [7, 11) is 0. The molecule has 0 heterocycles. The van der Waals surface area contributed by atoms with Gasteiger partial charge in [-0.15, -0.1) is 0 Å². The molecule has 0 aromatic heterocycles. The molecule has 0 aromatic rings. The molecule has 0 bridgehead atoms. The van der Waals surface area contributed by atoms with Gasteiger partial charge in [-0.1, -0.05) is 0 Å². The Labute approximate surface area is 108 Å². The van der Waals surface area contributed by atoms with Gasteiger partial charge in [0, 0.05) is 11.9 Å². The van der Waals surface area contributed by atoms with Crippen LogP contribution < -0.4 is 11.6 Å². The first-order valence-corrected chi connectivity index (χ1v) is 5.97. The number of aliphatic hydroxyl groups is 1. The second-order valence-corrected chi connectivity index (χ2v) is 3.56. The van der Waals surface area contributed by atoms with Crippen molar-refractivity contribution < 1.29 is 19.3 Å². The lowest BCUT2D eigenvalue weighted by atomic mass is 10.5. The number of ether oxygens (including phenoxy) is 3. The van der Waals surface area contributed by atoms with Gasteiger partial charge in [0.2, 0.25) is 0 Å². The zero-order valence-electron chi connectivity index (χ0n) is 11.0. The summed E-state index contributed by atoms with van der Waals surface area (Å²) in [4.78, 5) is 0. The fourth-order valence-corrected chi connectivity index (χ4v) is 1.04. The second kappa shape index (κ2) is 12.6. The molecule has 0 radical (unpaired) electrons. The molecule has 0 atom stereocenters. The molecule has 7 nitrogen and oxygen atoms in total. The second-order valence-electron chi connectivity index (χ2n) is 3.56. The predicted molar refractivity (Wildman–Crippen MR) is 68.4 cm³/mol. The van der Waals surface area contributed by atoms with Gasteiger partial charge in [0.15, 0.2) is 0 Å². The van der Waals surface area contributed by atoms with Gasteiger partial charge in [0.1, 0.15) is 0 Å². The van der Waals surface area contributed by atoms with Crippen LogP contribution in [0.15, 0.2) is 11.9 Å². The smallest absolute Gasteiger partial charge is 0.0701 e. The van der Waals surface area contributed by atoms with Gasteiger partial charge in [-0.05, 0) is 6.92 Å². The van der Waals surface area contributed by atoms with Crippen molar-refractivity contribution in [3.05, 3.63) is 11.9 Å². The Morgan fingerprint density at radius 3 is 2.06 bits per heavy atom. The van der Waals surface area contributed by atoms with Gasteiger partial charge < -0.3 is 30.1 Å². The molecule has 0 aliphatic rings. The summed E-state index contributed by atoms with van der Waals surface area (Å²) < 4.78 is 15.6. The summed E-state index contributed by atoms with van der Waals surface area (Å²) in [6.45, 7) is 5.33. The monoisotopic (exact) mass is 263 g/mol. The fraction of sp³-hybridized carbons (Fsp3) is 0.818. The van der Waals surface area contributed by atoms with Crippen molar-refractivity contribution >= 4 is 0 Å². The predicted octanol–water partition coefficient (Wildman–Crippen LogP) is -0.976. The molecular formula is C11H25N3O4. The van der Waals surface area contributed by atoms with Crippen LogP contribution in [0.5, 0.6) is 0 Å². The van der Waals surface area contributed by atoms with Crippen molar-refractivity contribution in [1.29, 1.82) is 0 Å². The SMILES string of the molecule is C/C(=C/N)N(N)CCOCCOCCOCCO. The van der Waals surface area contributed by atoms with E-state index in [1.165, 1.54) is 11.2 Å². The van der Waals surface area contributed by atoms with Crippen molar-refractivity contribution in [2.45, 2.75) is 6.92 Å². The lowest BCUT2D eigenvalue weighted by Crippen LogP contribution is -2.33. The molecule has 0 unspecified atom stereocenters. The van der Waals surface area contributed by atoms with E-state index in [4.69, 9.17) is 30.9 Å². The first-order valence-electron chi connectivity index (χ1n) is 5.97. The van der Waals surface area contributed by atoms with Gasteiger partial charge in [-0.3, -0.25) is 0 Å². The largest absolute Gasteiger partial charge is 0.403 e. The van der Waals surface area contributed by atoms with Crippen LogP contribution >= 0.6 is 0 Å². The van der Waals surface area contributed by atoms with Crippen LogP contribution in [0.4, 0.5) is 0 Å². The number of nitrogens with zero attached hydrogens (tertiary/aromatic N) is 1. The number of hydrazine groups is 1. The zero-order chi connectivity index (χ0) is 13.6. The molecule has 0 rings (SSSR count). The van der Waals surface area contributed by atoms with E-state index in [0.717, 1.165) is 5.70 Å². The topological polar surface area (TPSA) is 103 Å². The first-order chi connectivity index (χ1) is 8.72. The maximum absolute atomic E-state index is 8.46. The molecule has 0 fully saturated rings. The highest BCUT2D eigenvalue weighted by Gasteiger charge is 1.98. The van der Waals surface area contributed by atoms with E-state index >= 15 is 0 Å². The summed E-state index contributed by atoms with van der Waals surface area (Å²) in [6, 6.07) is 0. The zero-order valence-corrected chi connectivity index (χ0v) is 11.0. The Bertz CT molecular complexity index is 214. The van der Waals surface area contributed by atoms with Crippen LogP contribution in [0.3, 0.4) is 0 Å². The highest BCUT2D eigenvalue weighted by Crippen LogP contribution is 1.93. The van der Waals surface area contributed by atoms with Crippen LogP contribution in [0, 0.1) is 0 Å². The van der Waals surface area contributed by atoms with E-state index in [9.17, 15) is 0 Å². The lowest BCUT2D eigenvalue weighted by Gasteiger charge is -2.18. The minimum Gasteiger partial charge on any atom is -0.403 e. The summed E-state index contributed by atoms with van der Waals surface area (Å²) in [6.07, 6.45) is 1.45. The van der Waals surface area contributed by atoms with Crippen LogP contribution in [0.25, 0.3) is 0 Å². The molecule has 0 saturated carbocycles. The number of nitrogens with two attached hydrogens (primary N) is 2. The minimum atomic E-state index is 0.0371. The number of hydrogen-bond acceptors (Lipinski definition) is 7. The van der Waals surface area contributed by atoms with Crippen molar-refractivity contribution in [2.24, 2.45) is 11.6 Å². The molecule has 0 saturated heterocycles. The van der Waals surface area contributed by atoms with Gasteiger partial charge in [0.25, 0.3) is 0 Å². The van der Waals surface area contributed by atoms with Crippen molar-refractivity contribution in [1.82, 2.24) is 5.01 Å². The summed E-state index contributed by atoms with van der Waals surface area (Å²) in [5, 5.41) is 9.99. The highest BCUT2D eigenvalue weighted by molar-refractivity contribution is 4.91. The van der Waals surface area contributed by atoms with Gasteiger partial charge in [-0.25, -0.2) is 5.84 Å². The lowest BCUT2D eigenvalue weighted by molar-refractivity contribution is 0.00559. The van der Waals surface area contributed by atoms with Gasteiger partial charge >= 0.3 is 0 Å². The summed E-state index contributed by atoms with van der Waals surface area (Å²) >= 11 is 0. The molecule has 0 amide bonds. The molecule has 5 N–H and O–H groups in total. The number of rotatable bonds is 12. The average molecular weight is 263 g/mol. The minimum absolute atomic E-state index is 0.0371. The van der Waals surface area contributed by atoms with Crippen LogP contribution in [0.2, 0.25) is 0 Å². The van der Waals surface area contributed by atoms with E-state index in [1.807, 2.05) is 6.92 Å². The Balaban J connectivity index is 3.16. The Morgan fingerprint density at radius 2 is 1.56 bits per heavy atom. The van der Waals surface area contributed by atoms with Crippen molar-refractivity contribution in [3.63, 3.8) is 0 Å². The van der Waals surface area contributed by atoms with Gasteiger partial charge in [-0.2, -0.15) is 0 Å². The van der Waals surface area contributed by atoms with Crippen molar-refractivity contribution in [2.75, 3.05) is 52.8 Å². The van der Waals surface area contributed by atoms with E-state index in [1.54, 1.807) is 0 Å².